The third-order valence-corrected chi connectivity index (χ3v) is 0.713. The largest absolute Gasteiger partial charge is 0.409 e. The second-order valence-corrected chi connectivity index (χ2v) is 1.22. The highest BCUT2D eigenvalue weighted by molar-refractivity contribution is 4.75. The number of hydrogen-bond donors (Lipinski definition) is 2. The normalized spacial score (nSPS) is 11.8. The minimum Gasteiger partial charge on any atom is -0.409 e. The summed E-state index contributed by atoms with van der Waals surface area (Å²) in [5, 5.41) is 11.0. The Bertz CT molecular complexity index is 199. The van der Waals surface area contributed by atoms with E-state index in [9.17, 15) is 0 Å². The second kappa shape index (κ2) is 2.11. The van der Waals surface area contributed by atoms with Gasteiger partial charge in [-0.05, 0) is 0 Å². The molecule has 42 valence electrons. The lowest BCUT2D eigenvalue weighted by Gasteiger charge is -1.78. The Hall–Kier alpha value is -1.32. The standard InChI is InChI=1S/C4H5N3O/c8-7-4-1-2-5-3-6-4/h1-3,8H,(H,5,6,7). The first-order valence-corrected chi connectivity index (χ1v) is 2.10. The Labute approximate surface area is 45.5 Å². The number of aromatic nitrogens is 2. The summed E-state index contributed by atoms with van der Waals surface area (Å²) in [5.41, 5.74) is 0.403. The number of hydrogen-bond acceptors (Lipinski definition) is 3. The zero-order valence-electron chi connectivity index (χ0n) is 4.07. The number of H-pyrrole nitrogens is 1. The van der Waals surface area contributed by atoms with E-state index in [2.05, 4.69) is 15.1 Å². The molecule has 1 aromatic heterocycles. The molecule has 4 heteroatoms. The molecule has 0 saturated carbocycles. The molecule has 8 heavy (non-hydrogen) atoms. The molecular weight excluding hydrogens is 106 g/mol. The fourth-order valence-electron chi connectivity index (χ4n) is 0.370. The molecule has 0 saturated heterocycles. The molecule has 0 radical (unpaired) electrons. The lowest BCUT2D eigenvalue weighted by Crippen LogP contribution is -2.04. The quantitative estimate of drug-likeness (QED) is 0.356. The molecule has 0 bridgehead atoms. The summed E-state index contributed by atoms with van der Waals surface area (Å²) in [6, 6.07) is 1.56. The fourth-order valence-corrected chi connectivity index (χ4v) is 0.370. The predicted molar refractivity (Wildman–Crippen MR) is 25.9 cm³/mol. The van der Waals surface area contributed by atoms with E-state index in [1.165, 1.54) is 12.5 Å². The van der Waals surface area contributed by atoms with Gasteiger partial charge in [0.05, 0.1) is 6.33 Å². The fraction of sp³-hybridized carbons (Fsp3) is 0. The first-order valence-electron chi connectivity index (χ1n) is 2.10. The van der Waals surface area contributed by atoms with Crippen molar-refractivity contribution in [2.45, 2.75) is 0 Å². The van der Waals surface area contributed by atoms with E-state index in [1.54, 1.807) is 6.07 Å². The maximum atomic E-state index is 8.10. The molecule has 4 nitrogen and oxygen atoms in total. The Morgan fingerprint density at radius 3 is 3.00 bits per heavy atom. The van der Waals surface area contributed by atoms with Crippen molar-refractivity contribution in [2.75, 3.05) is 0 Å². The van der Waals surface area contributed by atoms with Gasteiger partial charge in [0.15, 0.2) is 5.49 Å². The van der Waals surface area contributed by atoms with Gasteiger partial charge in [0.25, 0.3) is 0 Å². The van der Waals surface area contributed by atoms with Gasteiger partial charge in [-0.25, -0.2) is 4.98 Å². The summed E-state index contributed by atoms with van der Waals surface area (Å²) >= 11 is 0. The highest BCUT2D eigenvalue weighted by Gasteiger charge is 1.71. The van der Waals surface area contributed by atoms with Gasteiger partial charge >= 0.3 is 0 Å². The third kappa shape index (κ3) is 0.841. The molecule has 0 unspecified atom stereocenters. The van der Waals surface area contributed by atoms with E-state index < -0.39 is 0 Å². The van der Waals surface area contributed by atoms with Gasteiger partial charge in [0.2, 0.25) is 0 Å². The van der Waals surface area contributed by atoms with Gasteiger partial charge in [0.1, 0.15) is 0 Å². The summed E-state index contributed by atoms with van der Waals surface area (Å²) in [6.07, 6.45) is 2.97. The van der Waals surface area contributed by atoms with Gasteiger partial charge in [-0.1, -0.05) is 5.16 Å². The van der Waals surface area contributed by atoms with Gasteiger partial charge in [-0.15, -0.1) is 0 Å². The Morgan fingerprint density at radius 1 is 1.75 bits per heavy atom. The molecule has 2 N–H and O–H groups in total. The molecular formula is C4H5N3O. The smallest absolute Gasteiger partial charge is 0.171 e. The maximum absolute atomic E-state index is 8.10. The van der Waals surface area contributed by atoms with E-state index in [0.29, 0.717) is 5.49 Å². The third-order valence-electron chi connectivity index (χ3n) is 0.713. The van der Waals surface area contributed by atoms with E-state index in [0.717, 1.165) is 0 Å². The Morgan fingerprint density at radius 2 is 2.62 bits per heavy atom. The van der Waals surface area contributed by atoms with Crippen molar-refractivity contribution in [1.29, 1.82) is 0 Å². The summed E-state index contributed by atoms with van der Waals surface area (Å²) < 4.78 is 0. The zero-order chi connectivity index (χ0) is 5.82. The molecule has 1 aromatic rings. The Balaban J connectivity index is 3.20. The average molecular weight is 111 g/mol. The lowest BCUT2D eigenvalue weighted by atomic mass is 10.7. The molecule has 0 spiro atoms. The van der Waals surface area contributed by atoms with Crippen LogP contribution < -0.4 is 5.49 Å². The molecule has 0 aliphatic heterocycles. The number of aromatic amines is 1. The summed E-state index contributed by atoms with van der Waals surface area (Å²) in [6.45, 7) is 0. The first-order chi connectivity index (χ1) is 3.93. The van der Waals surface area contributed by atoms with Crippen LogP contribution in [0.2, 0.25) is 0 Å². The molecule has 0 aliphatic carbocycles. The van der Waals surface area contributed by atoms with Crippen LogP contribution in [0.5, 0.6) is 0 Å². The van der Waals surface area contributed by atoms with Crippen molar-refractivity contribution in [3.63, 3.8) is 0 Å². The van der Waals surface area contributed by atoms with Gasteiger partial charge in [-0.2, -0.15) is 0 Å². The van der Waals surface area contributed by atoms with Crippen molar-refractivity contribution in [3.05, 3.63) is 24.1 Å². The predicted octanol–water partition coefficient (Wildman–Crippen LogP) is -0.300. The molecule has 1 heterocycles. The van der Waals surface area contributed by atoms with Crippen LogP contribution in [0.15, 0.2) is 23.7 Å². The highest BCUT2D eigenvalue weighted by atomic mass is 16.4. The SMILES string of the molecule is O/N=c1\ccnc[nH]1. The molecule has 0 atom stereocenters. The molecule has 1 rings (SSSR count). The van der Waals surface area contributed by atoms with E-state index in [-0.39, 0.29) is 0 Å². The Kier molecular flexibility index (Phi) is 1.27. The van der Waals surface area contributed by atoms with Crippen LogP contribution >= 0.6 is 0 Å². The van der Waals surface area contributed by atoms with Crippen LogP contribution in [0.3, 0.4) is 0 Å². The lowest BCUT2D eigenvalue weighted by molar-refractivity contribution is 0.298. The molecule has 0 amide bonds. The van der Waals surface area contributed by atoms with Crippen LogP contribution in [-0.4, -0.2) is 15.2 Å². The van der Waals surface area contributed by atoms with Crippen molar-refractivity contribution < 1.29 is 5.21 Å². The van der Waals surface area contributed by atoms with E-state index in [1.807, 2.05) is 0 Å². The van der Waals surface area contributed by atoms with Crippen molar-refractivity contribution in [2.24, 2.45) is 5.16 Å². The van der Waals surface area contributed by atoms with Crippen molar-refractivity contribution >= 4 is 0 Å². The van der Waals surface area contributed by atoms with Gasteiger partial charge in [0, 0.05) is 12.3 Å². The van der Waals surface area contributed by atoms with Gasteiger partial charge < -0.3 is 10.2 Å². The average Bonchev–Trinajstić information content (AvgIpc) is 1.90. The number of nitrogens with one attached hydrogen (secondary N) is 1. The molecule has 0 fully saturated rings. The molecule has 0 aromatic carbocycles. The topological polar surface area (TPSA) is 61.3 Å². The first kappa shape index (κ1) is 4.83. The maximum Gasteiger partial charge on any atom is 0.171 e. The summed E-state index contributed by atoms with van der Waals surface area (Å²) in [7, 11) is 0. The van der Waals surface area contributed by atoms with Crippen molar-refractivity contribution in [1.82, 2.24) is 9.97 Å². The van der Waals surface area contributed by atoms with Crippen LogP contribution in [0.4, 0.5) is 0 Å². The van der Waals surface area contributed by atoms with Crippen LogP contribution in [0.25, 0.3) is 0 Å². The summed E-state index contributed by atoms with van der Waals surface area (Å²) in [5.74, 6) is 0. The monoisotopic (exact) mass is 111 g/mol. The van der Waals surface area contributed by atoms with Gasteiger partial charge in [-0.3, -0.25) is 0 Å². The summed E-state index contributed by atoms with van der Waals surface area (Å²) in [4.78, 5) is 6.26. The van der Waals surface area contributed by atoms with Crippen LogP contribution in [-0.2, 0) is 0 Å². The van der Waals surface area contributed by atoms with Crippen molar-refractivity contribution in [3.8, 4) is 0 Å². The minimum atomic E-state index is 0.403. The van der Waals surface area contributed by atoms with E-state index >= 15 is 0 Å². The van der Waals surface area contributed by atoms with Crippen LogP contribution in [0, 0.1) is 0 Å². The minimum absolute atomic E-state index is 0.403. The highest BCUT2D eigenvalue weighted by Crippen LogP contribution is 1.60. The number of nitrogens with zero attached hydrogens (tertiary/aromatic N) is 2. The second-order valence-electron chi connectivity index (χ2n) is 1.22. The van der Waals surface area contributed by atoms with Crippen LogP contribution in [0.1, 0.15) is 0 Å². The number of rotatable bonds is 0. The van der Waals surface area contributed by atoms with E-state index in [4.69, 9.17) is 5.21 Å². The zero-order valence-corrected chi connectivity index (χ0v) is 4.07. The molecule has 0 aliphatic rings.